The minimum absolute atomic E-state index is 0.375. The molecule has 108 valence electrons. The summed E-state index contributed by atoms with van der Waals surface area (Å²) in [6, 6.07) is 6.16. The van der Waals surface area contributed by atoms with Crippen LogP contribution in [0.25, 0.3) is 0 Å². The number of rotatable bonds is 2. The highest BCUT2D eigenvalue weighted by Crippen LogP contribution is 2.38. The van der Waals surface area contributed by atoms with E-state index < -0.39 is 5.91 Å². The lowest BCUT2D eigenvalue weighted by Gasteiger charge is -2.27. The normalized spacial score (nSPS) is 29.3. The zero-order chi connectivity index (χ0) is 14.3. The van der Waals surface area contributed by atoms with Gasteiger partial charge in [-0.25, -0.2) is 0 Å². The number of halogens is 1. The summed E-state index contributed by atoms with van der Waals surface area (Å²) >= 11 is 3.43. The van der Waals surface area contributed by atoms with Gasteiger partial charge in [0.15, 0.2) is 0 Å². The number of hydrogen-bond donors (Lipinski definition) is 2. The summed E-state index contributed by atoms with van der Waals surface area (Å²) in [6.07, 6.45) is 3.53. The third-order valence-electron chi connectivity index (χ3n) is 4.67. The van der Waals surface area contributed by atoms with Gasteiger partial charge in [0.25, 0.3) is 0 Å². The molecule has 1 aromatic rings. The smallest absolute Gasteiger partial charge is 0.249 e. The SMILES string of the molecule is NC(=O)c1ccc(N2C[C@H]3CCC(N)C[C@H]3C2)cc1Br. The fourth-order valence-corrected chi connectivity index (χ4v) is 4.14. The number of fused-ring (bicyclic) bond motifs is 1. The molecule has 0 spiro atoms. The summed E-state index contributed by atoms with van der Waals surface area (Å²) in [5.41, 5.74) is 13.1. The molecule has 3 atom stereocenters. The molecule has 1 unspecified atom stereocenters. The summed E-state index contributed by atoms with van der Waals surface area (Å²) in [4.78, 5) is 13.7. The molecule has 2 aliphatic rings. The largest absolute Gasteiger partial charge is 0.371 e. The van der Waals surface area contributed by atoms with Crippen LogP contribution in [0, 0.1) is 11.8 Å². The van der Waals surface area contributed by atoms with E-state index in [0.717, 1.165) is 42.0 Å². The Hall–Kier alpha value is -1.07. The molecule has 1 saturated heterocycles. The summed E-state index contributed by atoms with van der Waals surface area (Å²) in [5, 5.41) is 0. The van der Waals surface area contributed by atoms with Crippen LogP contribution in [-0.2, 0) is 0 Å². The van der Waals surface area contributed by atoms with Crippen molar-refractivity contribution in [1.29, 1.82) is 0 Å². The van der Waals surface area contributed by atoms with Crippen molar-refractivity contribution in [3.8, 4) is 0 Å². The molecule has 1 heterocycles. The predicted molar refractivity (Wildman–Crippen MR) is 83.7 cm³/mol. The first-order chi connectivity index (χ1) is 9.54. The van der Waals surface area contributed by atoms with Crippen molar-refractivity contribution in [2.75, 3.05) is 18.0 Å². The molecule has 0 radical (unpaired) electrons. The maximum atomic E-state index is 11.3. The number of benzene rings is 1. The molecule has 0 aromatic heterocycles. The van der Waals surface area contributed by atoms with Crippen LogP contribution in [0.3, 0.4) is 0 Å². The average Bonchev–Trinajstić information content (AvgIpc) is 2.81. The fraction of sp³-hybridized carbons (Fsp3) is 0.533. The molecule has 1 saturated carbocycles. The molecular weight excluding hydrogens is 318 g/mol. The second-order valence-electron chi connectivity index (χ2n) is 6.03. The highest BCUT2D eigenvalue weighted by molar-refractivity contribution is 9.10. The van der Waals surface area contributed by atoms with Crippen molar-refractivity contribution in [1.82, 2.24) is 0 Å². The Balaban J connectivity index is 1.78. The number of amides is 1. The average molecular weight is 338 g/mol. The first kappa shape index (κ1) is 13.9. The zero-order valence-corrected chi connectivity index (χ0v) is 13.0. The third-order valence-corrected chi connectivity index (χ3v) is 5.33. The van der Waals surface area contributed by atoms with Crippen LogP contribution in [0.1, 0.15) is 29.6 Å². The maximum Gasteiger partial charge on any atom is 0.249 e. The van der Waals surface area contributed by atoms with Gasteiger partial charge in [-0.2, -0.15) is 0 Å². The number of anilines is 1. The molecule has 2 fully saturated rings. The minimum atomic E-state index is -0.399. The Morgan fingerprint density at radius 1 is 1.25 bits per heavy atom. The molecule has 5 heteroatoms. The van der Waals surface area contributed by atoms with Crippen LogP contribution in [0.2, 0.25) is 0 Å². The van der Waals surface area contributed by atoms with E-state index in [9.17, 15) is 4.79 Å². The standard InChI is InChI=1S/C15H20BrN3O/c16-14-6-12(3-4-13(14)15(18)20)19-7-9-1-2-11(17)5-10(9)8-19/h3-4,6,9-11H,1-2,5,7-8,17H2,(H2,18,20)/t9-,10+,11?/m1/s1. The van der Waals surface area contributed by atoms with Crippen molar-refractivity contribution < 1.29 is 4.79 Å². The molecule has 1 aliphatic carbocycles. The van der Waals surface area contributed by atoms with Gasteiger partial charge in [-0.05, 0) is 65.2 Å². The highest BCUT2D eigenvalue weighted by atomic mass is 79.9. The third kappa shape index (κ3) is 2.56. The molecule has 20 heavy (non-hydrogen) atoms. The van der Waals surface area contributed by atoms with E-state index in [4.69, 9.17) is 11.5 Å². The van der Waals surface area contributed by atoms with E-state index >= 15 is 0 Å². The van der Waals surface area contributed by atoms with Crippen LogP contribution in [0.15, 0.2) is 22.7 Å². The summed E-state index contributed by atoms with van der Waals surface area (Å²) < 4.78 is 0.772. The topological polar surface area (TPSA) is 72.4 Å². The van der Waals surface area contributed by atoms with Crippen LogP contribution < -0.4 is 16.4 Å². The molecule has 0 bridgehead atoms. The van der Waals surface area contributed by atoms with Gasteiger partial charge in [-0.15, -0.1) is 0 Å². The quantitative estimate of drug-likeness (QED) is 0.868. The summed E-state index contributed by atoms with van der Waals surface area (Å²) in [5.74, 6) is 1.09. The number of nitrogens with two attached hydrogens (primary N) is 2. The minimum Gasteiger partial charge on any atom is -0.371 e. The fourth-order valence-electron chi connectivity index (χ4n) is 3.58. The van der Waals surface area contributed by atoms with Gasteiger partial charge in [0.2, 0.25) is 5.91 Å². The maximum absolute atomic E-state index is 11.3. The Labute approximate surface area is 127 Å². The van der Waals surface area contributed by atoms with E-state index in [1.54, 1.807) is 6.07 Å². The highest BCUT2D eigenvalue weighted by Gasteiger charge is 2.36. The Morgan fingerprint density at radius 3 is 2.70 bits per heavy atom. The van der Waals surface area contributed by atoms with Crippen molar-refractivity contribution in [3.63, 3.8) is 0 Å². The molecule has 1 aliphatic heterocycles. The molecule has 4 nitrogen and oxygen atoms in total. The number of nitrogens with zero attached hydrogens (tertiary/aromatic N) is 1. The van der Waals surface area contributed by atoms with Crippen LogP contribution >= 0.6 is 15.9 Å². The van der Waals surface area contributed by atoms with Crippen molar-refractivity contribution >= 4 is 27.5 Å². The van der Waals surface area contributed by atoms with Gasteiger partial charge in [0.1, 0.15) is 0 Å². The second-order valence-corrected chi connectivity index (χ2v) is 6.88. The van der Waals surface area contributed by atoms with Gasteiger partial charge in [-0.1, -0.05) is 0 Å². The van der Waals surface area contributed by atoms with E-state index in [1.807, 2.05) is 12.1 Å². The van der Waals surface area contributed by atoms with Crippen molar-refractivity contribution in [2.24, 2.45) is 23.3 Å². The van der Waals surface area contributed by atoms with E-state index in [0.29, 0.717) is 17.5 Å². The van der Waals surface area contributed by atoms with E-state index in [-0.39, 0.29) is 0 Å². The zero-order valence-electron chi connectivity index (χ0n) is 11.4. The Kier molecular flexibility index (Phi) is 3.73. The second kappa shape index (κ2) is 5.37. The predicted octanol–water partition coefficient (Wildman–Crippen LogP) is 2.11. The Bertz CT molecular complexity index is 534. The molecule has 3 rings (SSSR count). The first-order valence-corrected chi connectivity index (χ1v) is 7.94. The van der Waals surface area contributed by atoms with Gasteiger partial charge in [0.05, 0.1) is 5.56 Å². The number of hydrogen-bond acceptors (Lipinski definition) is 3. The molecule has 1 aromatic carbocycles. The number of carbonyl (C=O) groups excluding carboxylic acids is 1. The van der Waals surface area contributed by atoms with Gasteiger partial charge in [0, 0.05) is 29.3 Å². The van der Waals surface area contributed by atoms with E-state index in [2.05, 4.69) is 20.8 Å². The number of primary amides is 1. The number of carbonyl (C=O) groups is 1. The van der Waals surface area contributed by atoms with Gasteiger partial charge >= 0.3 is 0 Å². The summed E-state index contributed by atoms with van der Waals surface area (Å²) in [6.45, 7) is 2.17. The van der Waals surface area contributed by atoms with Gasteiger partial charge in [-0.3, -0.25) is 4.79 Å². The van der Waals surface area contributed by atoms with E-state index in [1.165, 1.54) is 6.42 Å². The first-order valence-electron chi connectivity index (χ1n) is 7.14. The van der Waals surface area contributed by atoms with Crippen molar-refractivity contribution in [2.45, 2.75) is 25.3 Å². The summed E-state index contributed by atoms with van der Waals surface area (Å²) in [7, 11) is 0. The van der Waals surface area contributed by atoms with Crippen LogP contribution in [0.4, 0.5) is 5.69 Å². The monoisotopic (exact) mass is 337 g/mol. The lowest BCUT2D eigenvalue weighted by molar-refractivity contribution is 0.0999. The lowest BCUT2D eigenvalue weighted by Crippen LogP contribution is -2.32. The van der Waals surface area contributed by atoms with Crippen LogP contribution in [0.5, 0.6) is 0 Å². The Morgan fingerprint density at radius 2 is 2.00 bits per heavy atom. The van der Waals surface area contributed by atoms with Crippen molar-refractivity contribution in [3.05, 3.63) is 28.2 Å². The molecular formula is C15H20BrN3O. The van der Waals surface area contributed by atoms with Gasteiger partial charge < -0.3 is 16.4 Å². The van der Waals surface area contributed by atoms with Crippen LogP contribution in [-0.4, -0.2) is 25.0 Å². The lowest BCUT2D eigenvalue weighted by atomic mass is 9.79. The molecule has 4 N–H and O–H groups in total. The molecule has 1 amide bonds.